The zero-order chi connectivity index (χ0) is 18.1. The lowest BCUT2D eigenvalue weighted by atomic mass is 10.2. The molecule has 0 radical (unpaired) electrons. The molecule has 6 nitrogen and oxygen atoms in total. The zero-order valence-electron chi connectivity index (χ0n) is 14.4. The van der Waals surface area contributed by atoms with Gasteiger partial charge in [-0.1, -0.05) is 18.2 Å². The lowest BCUT2D eigenvalue weighted by molar-refractivity contribution is -0.116. The molecular weight excluding hydrogens is 320 g/mol. The summed E-state index contributed by atoms with van der Waals surface area (Å²) in [7, 11) is 1.52. The lowest BCUT2D eigenvalue weighted by Crippen LogP contribution is -2.14. The Morgan fingerprint density at radius 1 is 1.04 bits per heavy atom. The molecule has 0 aromatic heterocycles. The number of carbonyl (C=O) groups excluding carboxylic acids is 2. The van der Waals surface area contributed by atoms with Gasteiger partial charge in [-0.05, 0) is 36.8 Å². The Balaban J connectivity index is 1.85. The Kier molecular flexibility index (Phi) is 6.83. The summed E-state index contributed by atoms with van der Waals surface area (Å²) in [5, 5.41) is 5.48. The molecule has 6 heteroatoms. The van der Waals surface area contributed by atoms with Crippen molar-refractivity contribution in [1.82, 2.24) is 0 Å². The fraction of sp³-hybridized carbons (Fsp3) is 0.263. The summed E-state index contributed by atoms with van der Waals surface area (Å²) in [6.45, 7) is 1.88. The van der Waals surface area contributed by atoms with E-state index in [1.54, 1.807) is 18.2 Å². The topological polar surface area (TPSA) is 76.7 Å². The molecule has 0 aliphatic rings. The van der Waals surface area contributed by atoms with Crippen LogP contribution < -0.4 is 20.1 Å². The first-order valence-corrected chi connectivity index (χ1v) is 8.02. The van der Waals surface area contributed by atoms with E-state index in [4.69, 9.17) is 9.47 Å². The van der Waals surface area contributed by atoms with Crippen molar-refractivity contribution < 1.29 is 19.1 Å². The molecule has 0 heterocycles. The van der Waals surface area contributed by atoms with Crippen molar-refractivity contribution in [3.05, 3.63) is 48.5 Å². The number of hydrogen-bond donors (Lipinski definition) is 2. The highest BCUT2D eigenvalue weighted by Gasteiger charge is 2.09. The quantitative estimate of drug-likeness (QED) is 0.721. The monoisotopic (exact) mass is 342 g/mol. The summed E-state index contributed by atoms with van der Waals surface area (Å²) < 4.78 is 10.8. The summed E-state index contributed by atoms with van der Waals surface area (Å²) in [4.78, 5) is 23.3. The molecule has 2 aromatic rings. The van der Waals surface area contributed by atoms with Crippen LogP contribution in [0.2, 0.25) is 0 Å². The lowest BCUT2D eigenvalue weighted by Gasteiger charge is -2.12. The number of para-hydroxylation sites is 1. The highest BCUT2D eigenvalue weighted by molar-refractivity contribution is 5.94. The minimum Gasteiger partial charge on any atom is -0.495 e. The van der Waals surface area contributed by atoms with E-state index < -0.39 is 0 Å². The molecule has 0 atom stereocenters. The van der Waals surface area contributed by atoms with E-state index in [0.717, 1.165) is 5.75 Å². The molecule has 132 valence electrons. The third-order valence-electron chi connectivity index (χ3n) is 3.35. The van der Waals surface area contributed by atoms with Crippen LogP contribution in [-0.2, 0) is 9.59 Å². The number of nitrogens with one attached hydrogen (secondary N) is 2. The van der Waals surface area contributed by atoms with Crippen LogP contribution in [0.5, 0.6) is 11.5 Å². The predicted molar refractivity (Wildman–Crippen MR) is 97.1 cm³/mol. The number of benzene rings is 2. The van der Waals surface area contributed by atoms with Gasteiger partial charge in [-0.3, -0.25) is 9.59 Å². The molecule has 0 unspecified atom stereocenters. The number of anilines is 2. The van der Waals surface area contributed by atoms with Crippen LogP contribution in [0.3, 0.4) is 0 Å². The Labute approximate surface area is 147 Å². The third-order valence-corrected chi connectivity index (χ3v) is 3.35. The van der Waals surface area contributed by atoms with Crippen LogP contribution in [0.15, 0.2) is 48.5 Å². The molecule has 0 spiro atoms. The number of methoxy groups -OCH3 is 1. The van der Waals surface area contributed by atoms with Gasteiger partial charge in [0.1, 0.15) is 11.5 Å². The van der Waals surface area contributed by atoms with Crippen LogP contribution in [0.1, 0.15) is 19.8 Å². The second-order valence-corrected chi connectivity index (χ2v) is 5.41. The fourth-order valence-corrected chi connectivity index (χ4v) is 2.24. The van der Waals surface area contributed by atoms with Crippen molar-refractivity contribution in [2.75, 3.05) is 24.4 Å². The van der Waals surface area contributed by atoms with E-state index in [1.807, 2.05) is 30.3 Å². The maximum absolute atomic E-state index is 12.1. The maximum Gasteiger partial charge on any atom is 0.224 e. The Hall–Kier alpha value is -3.02. The Morgan fingerprint density at radius 2 is 1.80 bits per heavy atom. The van der Waals surface area contributed by atoms with Gasteiger partial charge in [-0.15, -0.1) is 0 Å². The second-order valence-electron chi connectivity index (χ2n) is 5.41. The molecule has 2 rings (SSSR count). The summed E-state index contributed by atoms with van der Waals surface area (Å²) in [5.74, 6) is 0.992. The number of ether oxygens (including phenoxy) is 2. The molecule has 0 fully saturated rings. The van der Waals surface area contributed by atoms with Crippen molar-refractivity contribution in [2.45, 2.75) is 19.8 Å². The SMILES string of the molecule is COc1ccc(NC(C)=O)cc1NC(=O)CCCOc1ccccc1. The highest BCUT2D eigenvalue weighted by atomic mass is 16.5. The summed E-state index contributed by atoms with van der Waals surface area (Å²) in [6.07, 6.45) is 0.911. The van der Waals surface area contributed by atoms with E-state index >= 15 is 0 Å². The van der Waals surface area contributed by atoms with Crippen LogP contribution in [-0.4, -0.2) is 25.5 Å². The van der Waals surface area contributed by atoms with Gasteiger partial charge in [0.2, 0.25) is 11.8 Å². The molecule has 0 aliphatic heterocycles. The van der Waals surface area contributed by atoms with Gasteiger partial charge in [0.15, 0.2) is 0 Å². The van der Waals surface area contributed by atoms with Gasteiger partial charge in [-0.2, -0.15) is 0 Å². The number of carbonyl (C=O) groups is 2. The summed E-state index contributed by atoms with van der Waals surface area (Å²) >= 11 is 0. The van der Waals surface area contributed by atoms with E-state index in [-0.39, 0.29) is 11.8 Å². The molecule has 25 heavy (non-hydrogen) atoms. The molecule has 0 saturated heterocycles. The minimum absolute atomic E-state index is 0.144. The summed E-state index contributed by atoms with van der Waals surface area (Å²) in [6, 6.07) is 14.5. The first-order chi connectivity index (χ1) is 12.1. The second kappa shape index (κ2) is 9.32. The van der Waals surface area contributed by atoms with Gasteiger partial charge in [-0.25, -0.2) is 0 Å². The number of rotatable bonds is 8. The Bertz CT molecular complexity index is 717. The molecule has 0 bridgehead atoms. The molecular formula is C19H22N2O4. The molecule has 0 saturated carbocycles. The smallest absolute Gasteiger partial charge is 0.224 e. The largest absolute Gasteiger partial charge is 0.495 e. The first kappa shape index (κ1) is 18.3. The summed E-state index contributed by atoms with van der Waals surface area (Å²) in [5.41, 5.74) is 1.11. The van der Waals surface area contributed by atoms with Crippen LogP contribution in [0.4, 0.5) is 11.4 Å². The fourth-order valence-electron chi connectivity index (χ4n) is 2.24. The third kappa shape index (κ3) is 6.18. The minimum atomic E-state index is -0.180. The number of amides is 2. The van der Waals surface area contributed by atoms with Crippen molar-refractivity contribution in [3.63, 3.8) is 0 Å². The van der Waals surface area contributed by atoms with Crippen molar-refractivity contribution in [3.8, 4) is 11.5 Å². The van der Waals surface area contributed by atoms with Gasteiger partial charge >= 0.3 is 0 Å². The molecule has 2 amide bonds. The van der Waals surface area contributed by atoms with E-state index in [1.165, 1.54) is 14.0 Å². The average Bonchev–Trinajstić information content (AvgIpc) is 2.59. The maximum atomic E-state index is 12.1. The molecule has 2 N–H and O–H groups in total. The van der Waals surface area contributed by atoms with Gasteiger partial charge in [0.05, 0.1) is 19.4 Å². The Morgan fingerprint density at radius 3 is 2.48 bits per heavy atom. The van der Waals surface area contributed by atoms with E-state index in [2.05, 4.69) is 10.6 Å². The van der Waals surface area contributed by atoms with E-state index in [0.29, 0.717) is 36.6 Å². The van der Waals surface area contributed by atoms with Crippen LogP contribution >= 0.6 is 0 Å². The predicted octanol–water partition coefficient (Wildman–Crippen LogP) is 3.45. The first-order valence-electron chi connectivity index (χ1n) is 8.02. The van der Waals surface area contributed by atoms with Gasteiger partial charge in [0, 0.05) is 19.0 Å². The van der Waals surface area contributed by atoms with Crippen LogP contribution in [0, 0.1) is 0 Å². The van der Waals surface area contributed by atoms with Gasteiger partial charge < -0.3 is 20.1 Å². The van der Waals surface area contributed by atoms with E-state index in [9.17, 15) is 9.59 Å². The molecule has 0 aliphatic carbocycles. The average molecular weight is 342 g/mol. The van der Waals surface area contributed by atoms with Crippen molar-refractivity contribution in [2.24, 2.45) is 0 Å². The van der Waals surface area contributed by atoms with Crippen molar-refractivity contribution in [1.29, 1.82) is 0 Å². The molecule has 2 aromatic carbocycles. The highest BCUT2D eigenvalue weighted by Crippen LogP contribution is 2.28. The van der Waals surface area contributed by atoms with Crippen molar-refractivity contribution >= 4 is 23.2 Å². The van der Waals surface area contributed by atoms with Gasteiger partial charge in [0.25, 0.3) is 0 Å². The zero-order valence-corrected chi connectivity index (χ0v) is 14.4. The van der Waals surface area contributed by atoms with Crippen LogP contribution in [0.25, 0.3) is 0 Å². The number of hydrogen-bond acceptors (Lipinski definition) is 4. The standard InChI is InChI=1S/C19H22N2O4/c1-14(22)20-15-10-11-18(24-2)17(13-15)21-19(23)9-6-12-25-16-7-4-3-5-8-16/h3-5,7-8,10-11,13H,6,9,12H2,1-2H3,(H,20,22)(H,21,23). The normalized spacial score (nSPS) is 10.0.